The van der Waals surface area contributed by atoms with E-state index in [2.05, 4.69) is 0 Å². The molecule has 10 heteroatoms. The molecule has 2 aliphatic heterocycles. The van der Waals surface area contributed by atoms with Crippen LogP contribution in [0.15, 0.2) is 80.8 Å². The van der Waals surface area contributed by atoms with Crippen molar-refractivity contribution >= 4 is 80.5 Å². The van der Waals surface area contributed by atoms with Crippen LogP contribution in [0.1, 0.15) is 33.3 Å². The van der Waals surface area contributed by atoms with Gasteiger partial charge in [0.15, 0.2) is 6.61 Å². The molecule has 3 aromatic carbocycles. The van der Waals surface area contributed by atoms with Gasteiger partial charge < -0.3 is 14.2 Å². The van der Waals surface area contributed by atoms with E-state index >= 15 is 0 Å². The summed E-state index contributed by atoms with van der Waals surface area (Å²) in [5, 5.41) is 1.94. The molecule has 0 N–H and O–H groups in total. The molecule has 216 valence electrons. The van der Waals surface area contributed by atoms with E-state index in [0.717, 1.165) is 39.9 Å². The van der Waals surface area contributed by atoms with Gasteiger partial charge in [-0.3, -0.25) is 9.69 Å². The second-order valence-electron chi connectivity index (χ2n) is 9.87. The summed E-state index contributed by atoms with van der Waals surface area (Å²) in [5.41, 5.74) is 1.15. The predicted octanol–water partition coefficient (Wildman–Crippen LogP) is 6.90. The summed E-state index contributed by atoms with van der Waals surface area (Å²) in [6.07, 6.45) is 0. The van der Waals surface area contributed by atoms with Gasteiger partial charge in [-0.1, -0.05) is 90.3 Å². The molecule has 1 amide bonds. The van der Waals surface area contributed by atoms with E-state index in [9.17, 15) is 14.4 Å². The van der Waals surface area contributed by atoms with Crippen LogP contribution in [0.2, 0.25) is 0 Å². The van der Waals surface area contributed by atoms with Crippen LogP contribution in [0, 0.1) is 0 Å². The topological polar surface area (TPSA) is 82.1 Å². The van der Waals surface area contributed by atoms with Gasteiger partial charge in [-0.05, 0) is 45.2 Å². The number of ether oxygens (including phenoxy) is 3. The van der Waals surface area contributed by atoms with Crippen molar-refractivity contribution in [2.75, 3.05) is 24.7 Å². The normalized spacial score (nSPS) is 16.0. The quantitative estimate of drug-likeness (QED) is 0.159. The molecular formula is C32H29NO6S3. The molecule has 2 aliphatic rings. The summed E-state index contributed by atoms with van der Waals surface area (Å²) in [6.45, 7) is 7.34. The molecule has 0 fully saturated rings. The summed E-state index contributed by atoms with van der Waals surface area (Å²) in [5.74, 6) is -0.815. The first-order valence-corrected chi connectivity index (χ1v) is 15.5. The predicted molar refractivity (Wildman–Crippen MR) is 172 cm³/mol. The van der Waals surface area contributed by atoms with E-state index in [1.54, 1.807) is 18.7 Å². The largest absolute Gasteiger partial charge is 0.483 e. The molecule has 0 spiro atoms. The summed E-state index contributed by atoms with van der Waals surface area (Å²) in [4.78, 5) is 42.0. The second-order valence-corrected chi connectivity index (χ2v) is 12.6. The molecule has 0 saturated heterocycles. The number of anilines is 1. The Labute approximate surface area is 258 Å². The Hall–Kier alpha value is -3.60. The Balaban J connectivity index is 1.51. The molecule has 2 heterocycles. The number of nitrogens with zero attached hydrogens (tertiary/aromatic N) is 1. The number of benzene rings is 3. The number of hydrogen-bond acceptors (Lipinski definition) is 9. The SMILES string of the molecule is CCOC(=O)C1=C(C(=O)OCC)SC(=C2C(=S)C(C)(C)N(C(=O)COc3cccc4ccccc34)c3ccccc32)S1. The van der Waals surface area contributed by atoms with Gasteiger partial charge >= 0.3 is 11.9 Å². The fourth-order valence-corrected chi connectivity index (χ4v) is 7.93. The lowest BCUT2D eigenvalue weighted by atomic mass is 9.83. The average Bonchev–Trinajstić information content (AvgIpc) is 3.42. The van der Waals surface area contributed by atoms with Crippen LogP contribution in [0.25, 0.3) is 16.3 Å². The molecule has 0 aromatic heterocycles. The first-order valence-electron chi connectivity index (χ1n) is 13.4. The van der Waals surface area contributed by atoms with E-state index in [-0.39, 0.29) is 35.5 Å². The van der Waals surface area contributed by atoms with Gasteiger partial charge in [0.1, 0.15) is 15.6 Å². The molecule has 0 radical (unpaired) electrons. The first kappa shape index (κ1) is 29.9. The lowest BCUT2D eigenvalue weighted by molar-refractivity contribution is -0.140. The molecule has 0 unspecified atom stereocenters. The highest BCUT2D eigenvalue weighted by Gasteiger charge is 2.46. The van der Waals surface area contributed by atoms with E-state index in [1.807, 2.05) is 80.6 Å². The van der Waals surface area contributed by atoms with Gasteiger partial charge in [-0.25, -0.2) is 9.59 Å². The Morgan fingerprint density at radius 2 is 1.43 bits per heavy atom. The maximum absolute atomic E-state index is 13.9. The number of rotatable bonds is 7. The van der Waals surface area contributed by atoms with Gasteiger partial charge in [-0.2, -0.15) is 0 Å². The van der Waals surface area contributed by atoms with Crippen molar-refractivity contribution in [2.45, 2.75) is 33.2 Å². The number of fused-ring (bicyclic) bond motifs is 2. The average molecular weight is 620 g/mol. The number of esters is 2. The van der Waals surface area contributed by atoms with Crippen molar-refractivity contribution in [1.82, 2.24) is 0 Å². The maximum atomic E-state index is 13.9. The number of hydrogen-bond donors (Lipinski definition) is 0. The molecule has 0 atom stereocenters. The minimum absolute atomic E-state index is 0.168. The minimum atomic E-state index is -0.927. The van der Waals surface area contributed by atoms with Gasteiger partial charge in [0.05, 0.1) is 33.5 Å². The molecular weight excluding hydrogens is 591 g/mol. The third-order valence-electron chi connectivity index (χ3n) is 6.83. The number of carbonyl (C=O) groups excluding carboxylic acids is 3. The van der Waals surface area contributed by atoms with Crippen LogP contribution < -0.4 is 9.64 Å². The van der Waals surface area contributed by atoms with Crippen LogP contribution in [-0.2, 0) is 23.9 Å². The zero-order valence-electron chi connectivity index (χ0n) is 23.6. The number of carbonyl (C=O) groups is 3. The van der Waals surface area contributed by atoms with Crippen LogP contribution >= 0.6 is 35.7 Å². The van der Waals surface area contributed by atoms with Crippen LogP contribution in [0.4, 0.5) is 5.69 Å². The zero-order chi connectivity index (χ0) is 30.0. The highest BCUT2D eigenvalue weighted by Crippen LogP contribution is 2.56. The third kappa shape index (κ3) is 5.46. The monoisotopic (exact) mass is 619 g/mol. The van der Waals surface area contributed by atoms with Crippen molar-refractivity contribution in [3.8, 4) is 5.75 Å². The van der Waals surface area contributed by atoms with Crippen molar-refractivity contribution in [1.29, 1.82) is 0 Å². The van der Waals surface area contributed by atoms with Crippen LogP contribution in [-0.4, -0.2) is 48.1 Å². The Bertz CT molecular complexity index is 1640. The van der Waals surface area contributed by atoms with E-state index in [4.69, 9.17) is 26.4 Å². The minimum Gasteiger partial charge on any atom is -0.483 e. The molecule has 3 aromatic rings. The van der Waals surface area contributed by atoms with Crippen molar-refractivity contribution in [2.24, 2.45) is 0 Å². The summed E-state index contributed by atoms with van der Waals surface area (Å²) in [7, 11) is 0. The lowest BCUT2D eigenvalue weighted by Crippen LogP contribution is -2.57. The van der Waals surface area contributed by atoms with E-state index in [1.165, 1.54) is 0 Å². The molecule has 42 heavy (non-hydrogen) atoms. The summed E-state index contributed by atoms with van der Waals surface area (Å²) < 4.78 is 17.2. The maximum Gasteiger partial charge on any atom is 0.346 e. The Kier molecular flexibility index (Phi) is 8.77. The standard InChI is InChI=1S/C32H29NO6S3/c1-5-37-29(35)26-27(30(36)38-6-2)42-31(41-26)25-21-15-9-10-16-22(21)33(32(3,4)28(25)40)24(34)18-39-23-17-11-13-19-12-7-8-14-20(19)23/h7-17H,5-6,18H2,1-4H3. The van der Waals surface area contributed by atoms with Gasteiger partial charge in [0.25, 0.3) is 5.91 Å². The number of thiocarbonyl (C=S) groups is 1. The number of para-hydroxylation sites is 1. The fourth-order valence-electron chi connectivity index (χ4n) is 4.95. The zero-order valence-corrected chi connectivity index (χ0v) is 26.0. The van der Waals surface area contributed by atoms with E-state index in [0.29, 0.717) is 26.1 Å². The second kappa shape index (κ2) is 12.3. The van der Waals surface area contributed by atoms with Crippen molar-refractivity contribution in [3.05, 3.63) is 86.3 Å². The van der Waals surface area contributed by atoms with Crippen molar-refractivity contribution < 1.29 is 28.6 Å². The first-order chi connectivity index (χ1) is 20.2. The molecule has 0 saturated carbocycles. The number of thioether (sulfide) groups is 2. The molecule has 7 nitrogen and oxygen atoms in total. The van der Waals surface area contributed by atoms with Crippen molar-refractivity contribution in [3.63, 3.8) is 0 Å². The van der Waals surface area contributed by atoms with Crippen LogP contribution in [0.5, 0.6) is 5.75 Å². The Morgan fingerprint density at radius 1 is 0.833 bits per heavy atom. The number of amides is 1. The summed E-state index contributed by atoms with van der Waals surface area (Å²) in [6, 6.07) is 21.1. The molecule has 0 bridgehead atoms. The van der Waals surface area contributed by atoms with Gasteiger partial charge in [0.2, 0.25) is 0 Å². The molecule has 5 rings (SSSR count). The fraction of sp³-hybridized carbons (Fsp3) is 0.250. The Morgan fingerprint density at radius 3 is 2.10 bits per heavy atom. The van der Waals surface area contributed by atoms with Gasteiger partial charge in [-0.15, -0.1) is 0 Å². The smallest absolute Gasteiger partial charge is 0.346 e. The van der Waals surface area contributed by atoms with Gasteiger partial charge in [0, 0.05) is 16.5 Å². The van der Waals surface area contributed by atoms with Crippen LogP contribution in [0.3, 0.4) is 0 Å². The summed E-state index contributed by atoms with van der Waals surface area (Å²) >= 11 is 8.34. The van der Waals surface area contributed by atoms with E-state index < -0.39 is 17.5 Å². The highest BCUT2D eigenvalue weighted by atomic mass is 32.2. The molecule has 0 aliphatic carbocycles. The third-order valence-corrected chi connectivity index (χ3v) is 10.1. The lowest BCUT2D eigenvalue weighted by Gasteiger charge is -2.45. The highest BCUT2D eigenvalue weighted by molar-refractivity contribution is 8.29.